The smallest absolute Gasteiger partial charge is 0.220 e. The van der Waals surface area contributed by atoms with Gasteiger partial charge in [-0.3, -0.25) is 0 Å². The Morgan fingerprint density at radius 3 is 1.86 bits per heavy atom. The lowest BCUT2D eigenvalue weighted by Crippen LogP contribution is -2.73. The Kier molecular flexibility index (Phi) is 10.7. The van der Waals surface area contributed by atoms with E-state index in [0.717, 1.165) is 11.1 Å². The fourth-order valence-corrected chi connectivity index (χ4v) is 7.40. The van der Waals surface area contributed by atoms with Crippen LogP contribution in [0, 0.1) is 0 Å². The molecule has 0 amide bonds. The summed E-state index contributed by atoms with van der Waals surface area (Å²) in [5.74, 6) is -4.31. The standard InChI is InChI=1S/C38H52O13/c1-35(2)43-22-26(47-35)27-29(32-34(45-27)51-36(3,4)48-32)46-33-31(42-20-24-17-13-10-14-18-24)30-28(49-37(5,39-7)38(6,40-8)50-30)25(44-33)21-41-19-23-15-11-9-12-16-23/h9-18,25-34H,19-22H2,1-8H3/t25-,26-,27-,28-,29+,30+,31+,32-,33-,34-,37+,38+/m1/s1. The Morgan fingerprint density at radius 2 is 1.25 bits per heavy atom. The molecular weight excluding hydrogens is 664 g/mol. The molecule has 13 nitrogen and oxygen atoms in total. The first-order chi connectivity index (χ1) is 24.3. The molecular formula is C38H52O13. The Morgan fingerprint density at radius 1 is 0.627 bits per heavy atom. The fourth-order valence-electron chi connectivity index (χ4n) is 7.40. The Labute approximate surface area is 299 Å². The van der Waals surface area contributed by atoms with Crippen molar-refractivity contribution in [3.63, 3.8) is 0 Å². The van der Waals surface area contributed by atoms with Crippen LogP contribution in [0.3, 0.4) is 0 Å². The molecule has 0 radical (unpaired) electrons. The molecule has 0 aromatic heterocycles. The van der Waals surface area contributed by atoms with Gasteiger partial charge in [0.15, 0.2) is 24.2 Å². The van der Waals surface area contributed by atoms with Gasteiger partial charge < -0.3 is 61.6 Å². The molecule has 5 aliphatic rings. The number of methoxy groups -OCH3 is 2. The van der Waals surface area contributed by atoms with Crippen LogP contribution in [0.5, 0.6) is 0 Å². The predicted molar refractivity (Wildman–Crippen MR) is 179 cm³/mol. The average molecular weight is 717 g/mol. The maximum Gasteiger partial charge on any atom is 0.220 e. The second-order valence-electron chi connectivity index (χ2n) is 14.8. The van der Waals surface area contributed by atoms with E-state index in [-0.39, 0.29) is 13.2 Å². The van der Waals surface area contributed by atoms with E-state index in [1.807, 2.05) is 88.4 Å². The summed E-state index contributed by atoms with van der Waals surface area (Å²) >= 11 is 0. The van der Waals surface area contributed by atoms with Crippen LogP contribution in [0.15, 0.2) is 60.7 Å². The van der Waals surface area contributed by atoms with Crippen molar-refractivity contribution in [1.29, 1.82) is 0 Å². The van der Waals surface area contributed by atoms with Crippen molar-refractivity contribution in [2.45, 2.75) is 139 Å². The van der Waals surface area contributed by atoms with Crippen molar-refractivity contribution >= 4 is 0 Å². The third kappa shape index (κ3) is 7.65. The summed E-state index contributed by atoms with van der Waals surface area (Å²) < 4.78 is 83.5. The van der Waals surface area contributed by atoms with Crippen molar-refractivity contribution in [2.24, 2.45) is 0 Å². The van der Waals surface area contributed by atoms with Gasteiger partial charge in [-0.1, -0.05) is 60.7 Å². The van der Waals surface area contributed by atoms with E-state index < -0.39 is 84.6 Å². The van der Waals surface area contributed by atoms with Gasteiger partial charge in [0.05, 0.1) is 26.4 Å². The molecule has 0 N–H and O–H groups in total. The summed E-state index contributed by atoms with van der Waals surface area (Å²) in [6.07, 6.45) is -6.98. The van der Waals surface area contributed by atoms with E-state index in [1.54, 1.807) is 28.1 Å². The molecule has 2 aromatic carbocycles. The van der Waals surface area contributed by atoms with Crippen LogP contribution in [0.4, 0.5) is 0 Å². The topological polar surface area (TPSA) is 120 Å². The van der Waals surface area contributed by atoms with Crippen molar-refractivity contribution in [3.8, 4) is 0 Å². The van der Waals surface area contributed by atoms with Gasteiger partial charge in [0.2, 0.25) is 11.6 Å². The summed E-state index contributed by atoms with van der Waals surface area (Å²) in [6, 6.07) is 19.8. The number of hydrogen-bond acceptors (Lipinski definition) is 13. The highest BCUT2D eigenvalue weighted by atomic mass is 16.9. The van der Waals surface area contributed by atoms with Gasteiger partial charge >= 0.3 is 0 Å². The van der Waals surface area contributed by atoms with Crippen LogP contribution in [-0.2, 0) is 74.8 Å². The third-order valence-corrected chi connectivity index (χ3v) is 10.3. The molecule has 0 aliphatic carbocycles. The molecule has 7 rings (SSSR count). The molecule has 2 aromatic rings. The predicted octanol–water partition coefficient (Wildman–Crippen LogP) is 4.44. The van der Waals surface area contributed by atoms with Gasteiger partial charge in [-0.05, 0) is 52.7 Å². The minimum atomic E-state index is -1.33. The van der Waals surface area contributed by atoms with E-state index in [4.69, 9.17) is 61.6 Å². The minimum Gasteiger partial charge on any atom is -0.374 e. The molecule has 0 unspecified atom stereocenters. The maximum atomic E-state index is 7.00. The monoisotopic (exact) mass is 716 g/mol. The highest BCUT2D eigenvalue weighted by Crippen LogP contribution is 2.47. The molecule has 0 saturated carbocycles. The van der Waals surface area contributed by atoms with Crippen LogP contribution in [0.25, 0.3) is 0 Å². The van der Waals surface area contributed by atoms with Crippen molar-refractivity contribution in [1.82, 2.24) is 0 Å². The highest BCUT2D eigenvalue weighted by Gasteiger charge is 2.65. The number of benzene rings is 2. The number of ether oxygens (including phenoxy) is 13. The normalized spacial score (nSPS) is 41.3. The van der Waals surface area contributed by atoms with Crippen LogP contribution in [-0.4, -0.2) is 112 Å². The van der Waals surface area contributed by atoms with E-state index >= 15 is 0 Å². The molecule has 5 aliphatic heterocycles. The molecule has 282 valence electrons. The van der Waals surface area contributed by atoms with Gasteiger partial charge in [0.25, 0.3) is 0 Å². The first-order valence-corrected chi connectivity index (χ1v) is 17.7. The van der Waals surface area contributed by atoms with Gasteiger partial charge in [0, 0.05) is 14.2 Å². The molecule has 0 spiro atoms. The molecule has 5 heterocycles. The van der Waals surface area contributed by atoms with E-state index in [9.17, 15) is 0 Å². The van der Waals surface area contributed by atoms with Crippen LogP contribution in [0.2, 0.25) is 0 Å². The Hall–Kier alpha value is -2.08. The largest absolute Gasteiger partial charge is 0.374 e. The van der Waals surface area contributed by atoms with E-state index in [1.165, 1.54) is 0 Å². The summed E-state index contributed by atoms with van der Waals surface area (Å²) in [4.78, 5) is 0. The lowest BCUT2D eigenvalue weighted by atomic mass is 9.93. The Bertz CT molecular complexity index is 1440. The molecule has 51 heavy (non-hydrogen) atoms. The second kappa shape index (κ2) is 14.6. The number of rotatable bonds is 12. The first kappa shape index (κ1) is 37.2. The van der Waals surface area contributed by atoms with E-state index in [2.05, 4.69) is 0 Å². The maximum absolute atomic E-state index is 7.00. The van der Waals surface area contributed by atoms with Crippen LogP contribution < -0.4 is 0 Å². The zero-order valence-electron chi connectivity index (χ0n) is 30.7. The molecule has 13 heteroatoms. The quantitative estimate of drug-likeness (QED) is 0.308. The number of hydrogen-bond donors (Lipinski definition) is 0. The summed E-state index contributed by atoms with van der Waals surface area (Å²) in [5, 5.41) is 0. The molecule has 5 saturated heterocycles. The summed E-state index contributed by atoms with van der Waals surface area (Å²) in [6.45, 7) is 12.1. The summed E-state index contributed by atoms with van der Waals surface area (Å²) in [7, 11) is 3.11. The van der Waals surface area contributed by atoms with Crippen molar-refractivity contribution in [2.75, 3.05) is 27.4 Å². The van der Waals surface area contributed by atoms with Crippen molar-refractivity contribution < 1.29 is 61.6 Å². The van der Waals surface area contributed by atoms with Crippen LogP contribution in [0.1, 0.15) is 52.7 Å². The van der Waals surface area contributed by atoms with Gasteiger partial charge in [0.1, 0.15) is 48.8 Å². The zero-order chi connectivity index (χ0) is 36.0. The lowest BCUT2D eigenvalue weighted by Gasteiger charge is -2.57. The van der Waals surface area contributed by atoms with Gasteiger partial charge in [-0.25, -0.2) is 0 Å². The first-order valence-electron chi connectivity index (χ1n) is 17.7. The fraction of sp³-hybridized carbons (Fsp3) is 0.684. The number of fused-ring (bicyclic) bond motifs is 2. The second-order valence-corrected chi connectivity index (χ2v) is 14.8. The SMILES string of the molecule is CO[C@@]1(C)O[C@@H]2[C@H](OCc3ccccc3)[C@@H](O[C@@H]3[C@H]4OC(C)(C)O[C@H]4O[C@@H]3[C@H]3COC(C)(C)O3)O[C@H](COCc3ccccc3)[C@H]2O[C@]1(C)OC. The zero-order valence-corrected chi connectivity index (χ0v) is 30.7. The third-order valence-electron chi connectivity index (χ3n) is 10.3. The van der Waals surface area contributed by atoms with Gasteiger partial charge in [-0.2, -0.15) is 0 Å². The lowest BCUT2D eigenvalue weighted by molar-refractivity contribution is -0.483. The average Bonchev–Trinajstić information content (AvgIpc) is 3.74. The highest BCUT2D eigenvalue weighted by molar-refractivity contribution is 5.15. The minimum absolute atomic E-state index is 0.158. The van der Waals surface area contributed by atoms with E-state index in [0.29, 0.717) is 13.2 Å². The molecule has 0 bridgehead atoms. The Balaban J connectivity index is 1.22. The summed E-state index contributed by atoms with van der Waals surface area (Å²) in [5.41, 5.74) is 1.99. The van der Waals surface area contributed by atoms with Gasteiger partial charge in [-0.15, -0.1) is 0 Å². The molecule has 12 atom stereocenters. The van der Waals surface area contributed by atoms with Crippen molar-refractivity contribution in [3.05, 3.63) is 71.8 Å². The van der Waals surface area contributed by atoms with Crippen LogP contribution >= 0.6 is 0 Å². The molecule has 5 fully saturated rings.